The summed E-state index contributed by atoms with van der Waals surface area (Å²) in [5.41, 5.74) is 3.55. The molecule has 0 spiro atoms. The summed E-state index contributed by atoms with van der Waals surface area (Å²) >= 11 is 5.63. The van der Waals surface area contributed by atoms with E-state index < -0.39 is 16.9 Å². The first-order chi connectivity index (χ1) is 17.3. The summed E-state index contributed by atoms with van der Waals surface area (Å²) < 4.78 is 12.2. The van der Waals surface area contributed by atoms with Gasteiger partial charge in [0.2, 0.25) is 0 Å². The molecule has 0 bridgehead atoms. The van der Waals surface area contributed by atoms with Crippen LogP contribution in [0.4, 0.5) is 5.69 Å². The molecule has 0 aliphatic carbocycles. The molecule has 1 aliphatic heterocycles. The number of nitrogens with zero attached hydrogens (tertiary/aromatic N) is 4. The molecule has 0 saturated carbocycles. The molecule has 1 fully saturated rings. The Bertz CT molecular complexity index is 1310. The van der Waals surface area contributed by atoms with Gasteiger partial charge in [-0.05, 0) is 68.9 Å². The lowest BCUT2D eigenvalue weighted by Gasteiger charge is -2.27. The van der Waals surface area contributed by atoms with Gasteiger partial charge in [0.05, 0.1) is 42.5 Å². The minimum Gasteiger partial charge on any atom is -0.496 e. The van der Waals surface area contributed by atoms with Crippen LogP contribution in [0.1, 0.15) is 41.7 Å². The molecule has 2 unspecified atom stereocenters. The number of nitro benzene ring substituents is 1. The Morgan fingerprint density at radius 3 is 2.67 bits per heavy atom. The van der Waals surface area contributed by atoms with Gasteiger partial charge >= 0.3 is 5.97 Å². The van der Waals surface area contributed by atoms with E-state index in [1.165, 1.54) is 13.2 Å². The van der Waals surface area contributed by atoms with Crippen LogP contribution in [0, 0.1) is 24.0 Å². The van der Waals surface area contributed by atoms with Crippen molar-refractivity contribution in [1.29, 1.82) is 0 Å². The highest BCUT2D eigenvalue weighted by Gasteiger charge is 2.42. The van der Waals surface area contributed by atoms with E-state index in [2.05, 4.69) is 10.3 Å². The maximum atomic E-state index is 12.5. The zero-order valence-corrected chi connectivity index (χ0v) is 21.2. The number of benzene rings is 1. The second kappa shape index (κ2) is 10.3. The van der Waals surface area contributed by atoms with Crippen molar-refractivity contribution < 1.29 is 19.2 Å². The fourth-order valence-electron chi connectivity index (χ4n) is 4.68. The summed E-state index contributed by atoms with van der Waals surface area (Å²) in [4.78, 5) is 30.3. The van der Waals surface area contributed by atoms with Crippen LogP contribution in [0.25, 0.3) is 5.69 Å². The number of ether oxygens (including phenoxy) is 2. The van der Waals surface area contributed by atoms with Gasteiger partial charge in [-0.3, -0.25) is 19.9 Å². The normalized spacial score (nSPS) is 17.1. The van der Waals surface area contributed by atoms with Crippen LogP contribution in [-0.4, -0.2) is 50.7 Å². The second-order valence-electron chi connectivity index (χ2n) is 8.33. The quantitative estimate of drug-likeness (QED) is 0.209. The number of nitrogens with one attached hydrogen (secondary N) is 1. The maximum Gasteiger partial charge on any atom is 0.325 e. The summed E-state index contributed by atoms with van der Waals surface area (Å²) in [5, 5.41) is 15.6. The van der Waals surface area contributed by atoms with E-state index in [1.54, 1.807) is 30.2 Å². The highest BCUT2D eigenvalue weighted by atomic mass is 32.1. The van der Waals surface area contributed by atoms with Crippen molar-refractivity contribution in [3.05, 3.63) is 81.4 Å². The van der Waals surface area contributed by atoms with Gasteiger partial charge in [-0.2, -0.15) is 0 Å². The standard InChI is InChI=1S/C25H27N5O5S/c1-5-35-22(31)14-28-24(23(27-25(28)36)19-8-6-7-11-26-19)18-12-15(2)29(16(18)3)20-10-9-17(34-4)13-21(20)30(32)33/h6-13,23-24H,5,14H2,1-4H3,(H,27,36). The number of carbonyl (C=O) groups is 1. The van der Waals surface area contributed by atoms with Gasteiger partial charge in [0, 0.05) is 17.6 Å². The Hall–Kier alpha value is -3.99. The number of aromatic nitrogens is 2. The van der Waals surface area contributed by atoms with E-state index in [0.29, 0.717) is 16.5 Å². The molecule has 1 N–H and O–H groups in total. The first kappa shape index (κ1) is 25.1. The second-order valence-corrected chi connectivity index (χ2v) is 8.72. The minimum absolute atomic E-state index is 0.0416. The number of hydrogen-bond donors (Lipinski definition) is 1. The predicted molar refractivity (Wildman–Crippen MR) is 137 cm³/mol. The fraction of sp³-hybridized carbons (Fsp3) is 0.320. The Kier molecular flexibility index (Phi) is 7.20. The summed E-state index contributed by atoms with van der Waals surface area (Å²) in [5.74, 6) is 0.00206. The summed E-state index contributed by atoms with van der Waals surface area (Å²) in [7, 11) is 1.47. The molecular formula is C25H27N5O5S. The lowest BCUT2D eigenvalue weighted by atomic mass is 9.97. The van der Waals surface area contributed by atoms with Gasteiger partial charge in [-0.25, -0.2) is 0 Å². The summed E-state index contributed by atoms with van der Waals surface area (Å²) in [6, 6.07) is 11.6. The average molecular weight is 510 g/mol. The number of nitro groups is 1. The molecule has 4 rings (SSSR count). The van der Waals surface area contributed by atoms with Gasteiger partial charge in [0.15, 0.2) is 5.11 Å². The highest BCUT2D eigenvalue weighted by Crippen LogP contribution is 2.42. The molecule has 2 aromatic heterocycles. The third kappa shape index (κ3) is 4.61. The van der Waals surface area contributed by atoms with Gasteiger partial charge in [-0.1, -0.05) is 6.07 Å². The van der Waals surface area contributed by atoms with Gasteiger partial charge < -0.3 is 24.3 Å². The molecule has 1 saturated heterocycles. The number of methoxy groups -OCH3 is 1. The number of esters is 1. The van der Waals surface area contributed by atoms with Crippen molar-refractivity contribution in [3.8, 4) is 11.4 Å². The SMILES string of the molecule is CCOC(=O)CN1C(=S)NC(c2ccccn2)C1c1cc(C)n(-c2ccc(OC)cc2[N+](=O)[O-])c1C. The van der Waals surface area contributed by atoms with Gasteiger partial charge in [-0.15, -0.1) is 0 Å². The van der Waals surface area contributed by atoms with Crippen molar-refractivity contribution in [3.63, 3.8) is 0 Å². The van der Waals surface area contributed by atoms with Crippen LogP contribution in [-0.2, 0) is 9.53 Å². The minimum atomic E-state index is -0.424. The van der Waals surface area contributed by atoms with Crippen LogP contribution in [0.2, 0.25) is 0 Å². The van der Waals surface area contributed by atoms with E-state index >= 15 is 0 Å². The molecule has 36 heavy (non-hydrogen) atoms. The van der Waals surface area contributed by atoms with Crippen molar-refractivity contribution in [2.24, 2.45) is 0 Å². The monoisotopic (exact) mass is 509 g/mol. The zero-order valence-electron chi connectivity index (χ0n) is 20.4. The molecule has 1 aromatic carbocycles. The third-order valence-electron chi connectivity index (χ3n) is 6.21. The Labute approximate surface area is 214 Å². The topological polar surface area (TPSA) is 112 Å². The van der Waals surface area contributed by atoms with Crippen molar-refractivity contribution in [1.82, 2.24) is 19.8 Å². The van der Waals surface area contributed by atoms with E-state index in [1.807, 2.05) is 42.7 Å². The highest BCUT2D eigenvalue weighted by molar-refractivity contribution is 7.80. The molecule has 10 nitrogen and oxygen atoms in total. The number of carbonyl (C=O) groups excluding carboxylic acids is 1. The Morgan fingerprint density at radius 1 is 1.25 bits per heavy atom. The third-order valence-corrected chi connectivity index (χ3v) is 6.56. The van der Waals surface area contributed by atoms with Gasteiger partial charge in [0.25, 0.3) is 5.69 Å². The predicted octanol–water partition coefficient (Wildman–Crippen LogP) is 3.94. The van der Waals surface area contributed by atoms with Crippen LogP contribution in [0.3, 0.4) is 0 Å². The number of aryl methyl sites for hydroxylation is 1. The Morgan fingerprint density at radius 2 is 2.03 bits per heavy atom. The molecule has 11 heteroatoms. The van der Waals surface area contributed by atoms with E-state index in [4.69, 9.17) is 21.7 Å². The number of thiocarbonyl (C=S) groups is 1. The average Bonchev–Trinajstić information content (AvgIpc) is 3.34. The number of rotatable bonds is 8. The molecule has 0 radical (unpaired) electrons. The maximum absolute atomic E-state index is 12.5. The lowest BCUT2D eigenvalue weighted by molar-refractivity contribution is -0.384. The smallest absolute Gasteiger partial charge is 0.325 e. The fourth-order valence-corrected chi connectivity index (χ4v) is 4.99. The number of hydrogen-bond acceptors (Lipinski definition) is 7. The molecule has 2 atom stereocenters. The van der Waals surface area contributed by atoms with Crippen LogP contribution < -0.4 is 10.1 Å². The molecule has 1 aliphatic rings. The largest absolute Gasteiger partial charge is 0.496 e. The van der Waals surface area contributed by atoms with Crippen LogP contribution in [0.15, 0.2) is 48.7 Å². The number of pyridine rings is 1. The Balaban J connectivity index is 1.86. The first-order valence-corrected chi connectivity index (χ1v) is 11.8. The molecule has 3 heterocycles. The van der Waals surface area contributed by atoms with Gasteiger partial charge in [0.1, 0.15) is 18.0 Å². The first-order valence-electron chi connectivity index (χ1n) is 11.4. The zero-order chi connectivity index (χ0) is 26.0. The lowest BCUT2D eigenvalue weighted by Crippen LogP contribution is -2.35. The summed E-state index contributed by atoms with van der Waals surface area (Å²) in [6.07, 6.45) is 1.70. The van der Waals surface area contributed by atoms with Crippen LogP contribution in [0.5, 0.6) is 5.75 Å². The van der Waals surface area contributed by atoms with Crippen molar-refractivity contribution in [2.75, 3.05) is 20.3 Å². The summed E-state index contributed by atoms with van der Waals surface area (Å²) in [6.45, 7) is 5.76. The van der Waals surface area contributed by atoms with Crippen molar-refractivity contribution >= 4 is 29.0 Å². The van der Waals surface area contributed by atoms with E-state index in [-0.39, 0.29) is 24.9 Å². The molecule has 0 amide bonds. The van der Waals surface area contributed by atoms with E-state index in [9.17, 15) is 14.9 Å². The molecule has 188 valence electrons. The van der Waals surface area contributed by atoms with E-state index in [0.717, 1.165) is 22.6 Å². The molecule has 3 aromatic rings. The van der Waals surface area contributed by atoms with Crippen LogP contribution >= 0.6 is 12.2 Å². The molecular weight excluding hydrogens is 482 g/mol. The van der Waals surface area contributed by atoms with Crippen molar-refractivity contribution in [2.45, 2.75) is 32.9 Å².